The molecule has 0 saturated carbocycles. The third-order valence-electron chi connectivity index (χ3n) is 3.25. The van der Waals surface area contributed by atoms with Gasteiger partial charge >= 0.3 is 30.3 Å². The molecule has 0 bridgehead atoms. The number of aliphatic carboxylic acids is 3. The van der Waals surface area contributed by atoms with E-state index in [1.54, 1.807) is 23.9 Å². The number of carboxylic acid groups (broad SMARTS) is 3. The minimum absolute atomic E-state index is 0.415. The van der Waals surface area contributed by atoms with Crippen LogP contribution in [0.25, 0.3) is 11.3 Å². The van der Waals surface area contributed by atoms with Gasteiger partial charge in [0, 0.05) is 12.3 Å². The number of allylic oxidation sites excluding steroid dienone is 1. The number of hydrogen-bond donors (Lipinski definition) is 3. The quantitative estimate of drug-likeness (QED) is 0.423. The predicted molar refractivity (Wildman–Crippen MR) is 101 cm³/mol. The third kappa shape index (κ3) is 10.5. The molecule has 0 aliphatic heterocycles. The zero-order chi connectivity index (χ0) is 26.9. The predicted octanol–water partition coefficient (Wildman–Crippen LogP) is 3.34. The van der Waals surface area contributed by atoms with Crippen molar-refractivity contribution in [2.45, 2.75) is 26.2 Å². The number of ether oxygens (including phenoxy) is 1. The fourth-order valence-corrected chi connectivity index (χ4v) is 1.81. The largest absolute Gasteiger partial charge is 0.490 e. The Balaban J connectivity index is 0.000000642. The van der Waals surface area contributed by atoms with Gasteiger partial charge in [-0.15, -0.1) is 0 Å². The molecule has 34 heavy (non-hydrogen) atoms. The van der Waals surface area contributed by atoms with E-state index in [-0.39, 0.29) is 0 Å². The van der Waals surface area contributed by atoms with Gasteiger partial charge in [-0.1, -0.05) is 0 Å². The van der Waals surface area contributed by atoms with E-state index in [1.165, 1.54) is 7.11 Å². The fourth-order valence-electron chi connectivity index (χ4n) is 1.81. The number of aromatic nitrogens is 3. The van der Waals surface area contributed by atoms with Crippen LogP contribution in [0.2, 0.25) is 0 Å². The lowest BCUT2D eigenvalue weighted by atomic mass is 10.2. The number of carbonyl (C=O) groups is 3. The van der Waals surface area contributed by atoms with Crippen LogP contribution in [0.15, 0.2) is 30.7 Å². The van der Waals surface area contributed by atoms with E-state index in [9.17, 15) is 31.1 Å². The van der Waals surface area contributed by atoms with Crippen LogP contribution in [-0.2, 0) is 14.4 Å². The lowest BCUT2D eigenvalue weighted by Gasteiger charge is -2.10. The molecule has 10 nitrogen and oxygen atoms in total. The second kappa shape index (κ2) is 12.2. The summed E-state index contributed by atoms with van der Waals surface area (Å²) in [6.45, 7) is 3.58. The van der Waals surface area contributed by atoms with Crippen LogP contribution in [0.4, 0.5) is 26.3 Å². The number of alkyl halides is 6. The Morgan fingerprint density at radius 1 is 1.00 bits per heavy atom. The number of halogens is 6. The summed E-state index contributed by atoms with van der Waals surface area (Å²) < 4.78 is 70.5. The van der Waals surface area contributed by atoms with Gasteiger partial charge in [-0.05, 0) is 31.6 Å². The van der Waals surface area contributed by atoms with E-state index in [1.807, 2.05) is 19.2 Å². The lowest BCUT2D eigenvalue weighted by molar-refractivity contribution is -0.193. The molecule has 188 valence electrons. The smallest absolute Gasteiger partial charge is 0.479 e. The minimum Gasteiger partial charge on any atom is -0.479 e. The van der Waals surface area contributed by atoms with Crippen LogP contribution < -0.4 is 4.74 Å². The number of pyridine rings is 1. The van der Waals surface area contributed by atoms with Crippen LogP contribution in [0.3, 0.4) is 0 Å². The van der Waals surface area contributed by atoms with Crippen molar-refractivity contribution in [2.24, 2.45) is 0 Å². The summed E-state index contributed by atoms with van der Waals surface area (Å²) in [6.07, 6.45) is -5.52. The molecule has 0 spiro atoms. The highest BCUT2D eigenvalue weighted by Gasteiger charge is 2.38. The van der Waals surface area contributed by atoms with Crippen molar-refractivity contribution in [3.8, 4) is 11.6 Å². The molecule has 2 rings (SSSR count). The van der Waals surface area contributed by atoms with Crippen molar-refractivity contribution in [3.05, 3.63) is 42.1 Å². The highest BCUT2D eigenvalue weighted by atomic mass is 19.4. The van der Waals surface area contributed by atoms with Crippen LogP contribution >= 0.6 is 0 Å². The number of methoxy groups -OCH3 is 1. The number of carboxylic acids is 3. The maximum atomic E-state index is 10.7. The van der Waals surface area contributed by atoms with Gasteiger partial charge in [-0.25, -0.2) is 24.4 Å². The standard InChI is InChI=1S/C14H15N3O3.2C2HF3O2/c1-9(6-13(18)19)11-4-5-12(14(16-11)20-3)17-7-10(2)15-8-17;2*3-2(4,5)1(6)7/h4-8H,1-3H3,(H,18,19);2*(H,6,7)/b9-6+;;. The van der Waals surface area contributed by atoms with Gasteiger partial charge in [0.05, 0.1) is 24.8 Å². The molecule has 0 atom stereocenters. The summed E-state index contributed by atoms with van der Waals surface area (Å²) in [7, 11) is 1.52. The Kier molecular flexibility index (Phi) is 10.7. The van der Waals surface area contributed by atoms with Crippen LogP contribution in [0.1, 0.15) is 18.3 Å². The first-order valence-electron chi connectivity index (χ1n) is 8.48. The van der Waals surface area contributed by atoms with Crippen molar-refractivity contribution in [1.82, 2.24) is 14.5 Å². The Morgan fingerprint density at radius 3 is 1.79 bits per heavy atom. The summed E-state index contributed by atoms with van der Waals surface area (Å²) in [5.41, 5.74) is 2.76. The first-order valence-corrected chi connectivity index (χ1v) is 8.48. The zero-order valence-corrected chi connectivity index (χ0v) is 17.5. The maximum absolute atomic E-state index is 10.7. The fraction of sp³-hybridized carbons (Fsp3) is 0.278. The topological polar surface area (TPSA) is 152 Å². The molecule has 2 heterocycles. The normalized spacial score (nSPS) is 11.4. The highest BCUT2D eigenvalue weighted by Crippen LogP contribution is 2.23. The number of nitrogens with zero attached hydrogens (tertiary/aromatic N) is 3. The number of rotatable bonds is 4. The average molecular weight is 501 g/mol. The van der Waals surface area contributed by atoms with Crippen LogP contribution in [-0.4, -0.2) is 67.2 Å². The molecule has 0 radical (unpaired) electrons. The van der Waals surface area contributed by atoms with Crippen LogP contribution in [0, 0.1) is 6.92 Å². The van der Waals surface area contributed by atoms with Gasteiger partial charge in [0.1, 0.15) is 5.69 Å². The first kappa shape index (κ1) is 29.9. The first-order chi connectivity index (χ1) is 15.4. The average Bonchev–Trinajstić information content (AvgIpc) is 3.12. The molecule has 0 unspecified atom stereocenters. The number of hydrogen-bond acceptors (Lipinski definition) is 6. The van der Waals surface area contributed by atoms with E-state index in [4.69, 9.17) is 29.6 Å². The van der Waals surface area contributed by atoms with Crippen molar-refractivity contribution in [2.75, 3.05) is 7.11 Å². The Bertz CT molecular complexity index is 1020. The van der Waals surface area contributed by atoms with Crippen molar-refractivity contribution >= 4 is 23.5 Å². The van der Waals surface area contributed by atoms with Crippen LogP contribution in [0.5, 0.6) is 5.88 Å². The third-order valence-corrected chi connectivity index (χ3v) is 3.25. The maximum Gasteiger partial charge on any atom is 0.490 e. The van der Waals surface area contributed by atoms with E-state index < -0.39 is 30.3 Å². The minimum atomic E-state index is -5.08. The zero-order valence-electron chi connectivity index (χ0n) is 17.5. The SMILES string of the molecule is COc1nc(/C(C)=C/C(=O)O)ccc1-n1cnc(C)c1.O=C(O)C(F)(F)F.O=C(O)C(F)(F)F. The number of aryl methyl sites for hydroxylation is 1. The van der Waals surface area contributed by atoms with Crippen molar-refractivity contribution in [3.63, 3.8) is 0 Å². The molecule has 0 fully saturated rings. The molecule has 2 aromatic heterocycles. The van der Waals surface area contributed by atoms with E-state index in [0.29, 0.717) is 17.1 Å². The second-order valence-corrected chi connectivity index (χ2v) is 5.92. The summed E-state index contributed by atoms with van der Waals surface area (Å²) in [4.78, 5) is 37.0. The lowest BCUT2D eigenvalue weighted by Crippen LogP contribution is -2.21. The van der Waals surface area contributed by atoms with E-state index >= 15 is 0 Å². The van der Waals surface area contributed by atoms with E-state index in [2.05, 4.69) is 9.97 Å². The molecule has 0 aromatic carbocycles. The van der Waals surface area contributed by atoms with Gasteiger partial charge in [0.15, 0.2) is 0 Å². The van der Waals surface area contributed by atoms with Gasteiger partial charge in [0.2, 0.25) is 5.88 Å². The molecule has 0 saturated heterocycles. The van der Waals surface area contributed by atoms with Gasteiger partial charge < -0.3 is 24.6 Å². The Hall–Kier alpha value is -4.11. The molecule has 0 amide bonds. The van der Waals surface area contributed by atoms with Gasteiger partial charge in [-0.2, -0.15) is 26.3 Å². The summed E-state index contributed by atoms with van der Waals surface area (Å²) in [6, 6.07) is 3.57. The molecule has 3 N–H and O–H groups in total. The highest BCUT2D eigenvalue weighted by molar-refractivity contribution is 5.89. The summed E-state index contributed by atoms with van der Waals surface area (Å²) in [5, 5.41) is 23.0. The molecule has 16 heteroatoms. The molecule has 0 aliphatic rings. The van der Waals surface area contributed by atoms with Gasteiger partial charge in [0.25, 0.3) is 0 Å². The number of imidazole rings is 1. The van der Waals surface area contributed by atoms with E-state index in [0.717, 1.165) is 17.5 Å². The van der Waals surface area contributed by atoms with Crippen molar-refractivity contribution in [1.29, 1.82) is 0 Å². The molecular formula is C18H17F6N3O7. The Labute approximate surface area is 186 Å². The second-order valence-electron chi connectivity index (χ2n) is 5.92. The monoisotopic (exact) mass is 501 g/mol. The Morgan fingerprint density at radius 2 is 1.47 bits per heavy atom. The molecule has 0 aliphatic carbocycles. The summed E-state index contributed by atoms with van der Waals surface area (Å²) in [5.74, 6) is -6.10. The van der Waals surface area contributed by atoms with Crippen molar-refractivity contribution < 1.29 is 60.8 Å². The molecular weight excluding hydrogens is 484 g/mol. The van der Waals surface area contributed by atoms with Gasteiger partial charge in [-0.3, -0.25) is 0 Å². The summed E-state index contributed by atoms with van der Waals surface area (Å²) >= 11 is 0. The molecule has 2 aromatic rings.